The summed E-state index contributed by atoms with van der Waals surface area (Å²) in [4.78, 5) is 12.1. The molecule has 2 N–H and O–H groups in total. The quantitative estimate of drug-likeness (QED) is 0.683. The number of amides is 1. The number of piperidine rings is 1. The first kappa shape index (κ1) is 11.0. The molecule has 14 heavy (non-hydrogen) atoms. The molecule has 1 saturated heterocycles. The van der Waals surface area contributed by atoms with Crippen LogP contribution in [0.15, 0.2) is 0 Å². The molecule has 1 aliphatic rings. The highest BCUT2D eigenvalue weighted by atomic mass is 16.4. The van der Waals surface area contributed by atoms with Crippen molar-refractivity contribution < 1.29 is 9.90 Å². The van der Waals surface area contributed by atoms with Gasteiger partial charge in [0.05, 0.1) is 0 Å². The van der Waals surface area contributed by atoms with E-state index in [1.54, 1.807) is 0 Å². The maximum absolute atomic E-state index is 10.6. The number of carboxylic acid groups (broad SMARTS) is 1. The van der Waals surface area contributed by atoms with Gasteiger partial charge < -0.3 is 15.4 Å². The summed E-state index contributed by atoms with van der Waals surface area (Å²) in [7, 11) is 0. The van der Waals surface area contributed by atoms with Crippen molar-refractivity contribution in [3.63, 3.8) is 0 Å². The third-order valence-corrected chi connectivity index (χ3v) is 2.78. The van der Waals surface area contributed by atoms with E-state index < -0.39 is 6.09 Å². The molecule has 0 aliphatic carbocycles. The molecule has 1 heterocycles. The SMILES string of the molecule is CCCC(=N)C1CCN(C(=O)O)CC1. The minimum atomic E-state index is -0.828. The molecule has 80 valence electrons. The van der Waals surface area contributed by atoms with Crippen molar-refractivity contribution in [1.29, 1.82) is 5.41 Å². The molecule has 1 amide bonds. The van der Waals surface area contributed by atoms with Crippen molar-refractivity contribution in [2.75, 3.05) is 13.1 Å². The summed E-state index contributed by atoms with van der Waals surface area (Å²) < 4.78 is 0. The summed E-state index contributed by atoms with van der Waals surface area (Å²) >= 11 is 0. The van der Waals surface area contributed by atoms with Gasteiger partial charge in [-0.2, -0.15) is 0 Å². The Morgan fingerprint density at radius 1 is 1.50 bits per heavy atom. The van der Waals surface area contributed by atoms with Gasteiger partial charge in [0, 0.05) is 18.8 Å². The fraction of sp³-hybridized carbons (Fsp3) is 0.800. The minimum Gasteiger partial charge on any atom is -0.465 e. The van der Waals surface area contributed by atoms with Crippen LogP contribution in [0.25, 0.3) is 0 Å². The molecule has 0 aromatic carbocycles. The number of likely N-dealkylation sites (tertiary alicyclic amines) is 1. The van der Waals surface area contributed by atoms with E-state index in [4.69, 9.17) is 10.5 Å². The summed E-state index contributed by atoms with van der Waals surface area (Å²) in [6.45, 7) is 3.25. The average Bonchev–Trinajstić information content (AvgIpc) is 2.18. The highest BCUT2D eigenvalue weighted by molar-refractivity contribution is 5.84. The van der Waals surface area contributed by atoms with Crippen LogP contribution in [0.2, 0.25) is 0 Å². The normalized spacial score (nSPS) is 18.2. The van der Waals surface area contributed by atoms with Gasteiger partial charge in [0.2, 0.25) is 0 Å². The second kappa shape index (κ2) is 4.98. The van der Waals surface area contributed by atoms with Gasteiger partial charge in [0.15, 0.2) is 0 Å². The lowest BCUT2D eigenvalue weighted by Crippen LogP contribution is -2.39. The van der Waals surface area contributed by atoms with Crippen molar-refractivity contribution in [3.05, 3.63) is 0 Å². The summed E-state index contributed by atoms with van der Waals surface area (Å²) in [5.74, 6) is 0.325. The Labute approximate surface area is 84.4 Å². The van der Waals surface area contributed by atoms with Crippen LogP contribution in [-0.2, 0) is 0 Å². The Bertz CT molecular complexity index is 220. The van der Waals surface area contributed by atoms with Gasteiger partial charge >= 0.3 is 6.09 Å². The molecular weight excluding hydrogens is 180 g/mol. The molecule has 1 fully saturated rings. The van der Waals surface area contributed by atoms with E-state index in [1.165, 1.54) is 4.90 Å². The van der Waals surface area contributed by atoms with Crippen molar-refractivity contribution >= 4 is 11.8 Å². The molecule has 0 radical (unpaired) electrons. The van der Waals surface area contributed by atoms with Gasteiger partial charge in [0.1, 0.15) is 0 Å². The predicted octanol–water partition coefficient (Wildman–Crippen LogP) is 2.20. The standard InChI is InChI=1S/C10H18N2O2/c1-2-3-9(11)8-4-6-12(7-5-8)10(13)14/h8,11H,2-7H2,1H3,(H,13,14). The van der Waals surface area contributed by atoms with Gasteiger partial charge in [-0.3, -0.25) is 0 Å². The Hall–Kier alpha value is -1.06. The van der Waals surface area contributed by atoms with Gasteiger partial charge in [-0.1, -0.05) is 13.3 Å². The lowest BCUT2D eigenvalue weighted by atomic mass is 9.90. The second-order valence-electron chi connectivity index (χ2n) is 3.82. The van der Waals surface area contributed by atoms with E-state index in [1.807, 2.05) is 0 Å². The number of hydrogen-bond donors (Lipinski definition) is 2. The smallest absolute Gasteiger partial charge is 0.407 e. The molecule has 0 bridgehead atoms. The topological polar surface area (TPSA) is 64.4 Å². The van der Waals surface area contributed by atoms with E-state index in [2.05, 4.69) is 6.92 Å². The first-order chi connectivity index (χ1) is 6.65. The van der Waals surface area contributed by atoms with E-state index in [0.29, 0.717) is 19.0 Å². The zero-order valence-electron chi connectivity index (χ0n) is 8.62. The second-order valence-corrected chi connectivity index (χ2v) is 3.82. The molecule has 0 unspecified atom stereocenters. The number of hydrogen-bond acceptors (Lipinski definition) is 2. The first-order valence-electron chi connectivity index (χ1n) is 5.20. The van der Waals surface area contributed by atoms with Crippen molar-refractivity contribution in [1.82, 2.24) is 4.90 Å². The molecular formula is C10H18N2O2. The Morgan fingerprint density at radius 3 is 2.50 bits per heavy atom. The molecule has 0 spiro atoms. The van der Waals surface area contributed by atoms with Gasteiger partial charge in [-0.25, -0.2) is 4.79 Å². The van der Waals surface area contributed by atoms with Crippen LogP contribution in [0.1, 0.15) is 32.6 Å². The zero-order valence-corrected chi connectivity index (χ0v) is 8.62. The van der Waals surface area contributed by atoms with Gasteiger partial charge in [-0.15, -0.1) is 0 Å². The van der Waals surface area contributed by atoms with E-state index >= 15 is 0 Å². The molecule has 0 atom stereocenters. The molecule has 0 aromatic rings. The Kier molecular flexibility index (Phi) is 3.92. The number of nitrogens with zero attached hydrogens (tertiary/aromatic N) is 1. The van der Waals surface area contributed by atoms with Crippen molar-refractivity contribution in [2.45, 2.75) is 32.6 Å². The lowest BCUT2D eigenvalue weighted by Gasteiger charge is -2.30. The summed E-state index contributed by atoms with van der Waals surface area (Å²) in [6, 6.07) is 0. The highest BCUT2D eigenvalue weighted by Crippen LogP contribution is 2.20. The molecule has 1 rings (SSSR count). The lowest BCUT2D eigenvalue weighted by molar-refractivity contribution is 0.131. The van der Waals surface area contributed by atoms with Crippen LogP contribution in [0.3, 0.4) is 0 Å². The van der Waals surface area contributed by atoms with Crippen LogP contribution in [0.5, 0.6) is 0 Å². The minimum absolute atomic E-state index is 0.325. The molecule has 4 nitrogen and oxygen atoms in total. The van der Waals surface area contributed by atoms with E-state index in [-0.39, 0.29) is 0 Å². The zero-order chi connectivity index (χ0) is 10.6. The van der Waals surface area contributed by atoms with Gasteiger partial charge in [-0.05, 0) is 25.2 Å². The number of carbonyl (C=O) groups is 1. The average molecular weight is 198 g/mol. The summed E-state index contributed by atoms with van der Waals surface area (Å²) in [6.07, 6.45) is 2.69. The first-order valence-corrected chi connectivity index (χ1v) is 5.20. The highest BCUT2D eigenvalue weighted by Gasteiger charge is 2.24. The van der Waals surface area contributed by atoms with Gasteiger partial charge in [0.25, 0.3) is 0 Å². The summed E-state index contributed by atoms with van der Waals surface area (Å²) in [5, 5.41) is 16.5. The maximum Gasteiger partial charge on any atom is 0.407 e. The third kappa shape index (κ3) is 2.72. The Balaban J connectivity index is 2.35. The fourth-order valence-electron chi connectivity index (χ4n) is 1.89. The monoisotopic (exact) mass is 198 g/mol. The van der Waals surface area contributed by atoms with E-state index in [9.17, 15) is 4.79 Å². The third-order valence-electron chi connectivity index (χ3n) is 2.78. The Morgan fingerprint density at radius 2 is 2.07 bits per heavy atom. The van der Waals surface area contributed by atoms with Crippen molar-refractivity contribution in [3.8, 4) is 0 Å². The fourth-order valence-corrected chi connectivity index (χ4v) is 1.89. The largest absolute Gasteiger partial charge is 0.465 e. The molecule has 0 aromatic heterocycles. The molecule has 4 heteroatoms. The van der Waals surface area contributed by atoms with Crippen molar-refractivity contribution in [2.24, 2.45) is 5.92 Å². The predicted molar refractivity (Wildman–Crippen MR) is 55.0 cm³/mol. The number of nitrogens with one attached hydrogen (secondary N) is 1. The van der Waals surface area contributed by atoms with E-state index in [0.717, 1.165) is 31.4 Å². The summed E-state index contributed by atoms with van der Waals surface area (Å²) in [5.41, 5.74) is 0.803. The van der Waals surface area contributed by atoms with Crippen LogP contribution >= 0.6 is 0 Å². The van der Waals surface area contributed by atoms with Crippen LogP contribution in [0.4, 0.5) is 4.79 Å². The van der Waals surface area contributed by atoms with Crippen LogP contribution in [-0.4, -0.2) is 34.9 Å². The maximum atomic E-state index is 10.6. The van der Waals surface area contributed by atoms with Crippen LogP contribution < -0.4 is 0 Å². The number of rotatable bonds is 3. The van der Waals surface area contributed by atoms with Crippen LogP contribution in [0, 0.1) is 11.3 Å². The molecule has 1 aliphatic heterocycles. The molecule has 0 saturated carbocycles.